The van der Waals surface area contributed by atoms with Crippen LogP contribution in [0.15, 0.2) is 12.3 Å². The summed E-state index contributed by atoms with van der Waals surface area (Å²) in [4.78, 5) is 14.8. The number of carbonyl (C=O) groups is 1. The number of likely N-dealkylation sites (N-methyl/N-ethyl adjacent to an activating group) is 1. The van der Waals surface area contributed by atoms with E-state index in [0.717, 1.165) is 39.0 Å². The molecule has 0 aromatic carbocycles. The van der Waals surface area contributed by atoms with Gasteiger partial charge >= 0.3 is 0 Å². The molecule has 118 valence electrons. The number of amides is 1. The zero-order chi connectivity index (χ0) is 14.7. The Bertz CT molecular complexity index is 391. The van der Waals surface area contributed by atoms with E-state index in [2.05, 4.69) is 11.4 Å². The van der Waals surface area contributed by atoms with E-state index in [1.807, 2.05) is 11.9 Å². The lowest BCUT2D eigenvalue weighted by Gasteiger charge is -2.29. The number of ether oxygens (including phenoxy) is 2. The van der Waals surface area contributed by atoms with Crippen molar-refractivity contribution < 1.29 is 14.3 Å². The van der Waals surface area contributed by atoms with Crippen molar-refractivity contribution in [2.24, 2.45) is 5.92 Å². The minimum atomic E-state index is -0.252. The molecule has 0 aromatic rings. The molecule has 2 fully saturated rings. The van der Waals surface area contributed by atoms with Crippen molar-refractivity contribution in [3.8, 4) is 0 Å². The molecule has 1 amide bonds. The minimum Gasteiger partial charge on any atom is -0.496 e. The van der Waals surface area contributed by atoms with Gasteiger partial charge in [0, 0.05) is 25.6 Å². The van der Waals surface area contributed by atoms with Crippen molar-refractivity contribution in [2.45, 2.75) is 50.4 Å². The van der Waals surface area contributed by atoms with Crippen LogP contribution in [0, 0.1) is 5.92 Å². The monoisotopic (exact) mass is 294 g/mol. The van der Waals surface area contributed by atoms with Crippen molar-refractivity contribution >= 4 is 5.91 Å². The highest BCUT2D eigenvalue weighted by Gasteiger charge is 2.41. The Labute approximate surface area is 126 Å². The van der Waals surface area contributed by atoms with Gasteiger partial charge in [-0.25, -0.2) is 0 Å². The highest BCUT2D eigenvalue weighted by Crippen LogP contribution is 2.28. The summed E-state index contributed by atoms with van der Waals surface area (Å²) in [5, 5.41) is 3.15. The Hall–Kier alpha value is -1.07. The van der Waals surface area contributed by atoms with Crippen LogP contribution in [0.25, 0.3) is 0 Å². The summed E-state index contributed by atoms with van der Waals surface area (Å²) in [5.41, 5.74) is 0. The third-order valence-electron chi connectivity index (χ3n) is 4.88. The molecule has 5 nitrogen and oxygen atoms in total. The van der Waals surface area contributed by atoms with Gasteiger partial charge < -0.3 is 19.7 Å². The van der Waals surface area contributed by atoms with Crippen LogP contribution in [0.4, 0.5) is 0 Å². The first-order valence-corrected chi connectivity index (χ1v) is 8.19. The molecule has 0 radical (unpaired) electrons. The second-order valence-corrected chi connectivity index (χ2v) is 6.27. The van der Waals surface area contributed by atoms with Crippen LogP contribution in [-0.4, -0.2) is 55.8 Å². The number of carbonyl (C=O) groups excluding carboxylic acids is 1. The van der Waals surface area contributed by atoms with Crippen molar-refractivity contribution in [1.82, 2.24) is 10.2 Å². The zero-order valence-electron chi connectivity index (χ0n) is 12.8. The second-order valence-electron chi connectivity index (χ2n) is 6.27. The summed E-state index contributed by atoms with van der Waals surface area (Å²) < 4.78 is 11.5. The molecule has 4 unspecified atom stereocenters. The van der Waals surface area contributed by atoms with E-state index < -0.39 is 0 Å². The predicted octanol–water partition coefficient (Wildman–Crippen LogP) is 1.29. The van der Waals surface area contributed by atoms with Crippen molar-refractivity contribution in [1.29, 1.82) is 0 Å². The van der Waals surface area contributed by atoms with Crippen LogP contribution in [-0.2, 0) is 14.3 Å². The number of rotatable bonds is 3. The Kier molecular flexibility index (Phi) is 4.80. The largest absolute Gasteiger partial charge is 0.496 e. The predicted molar refractivity (Wildman–Crippen MR) is 79.8 cm³/mol. The second kappa shape index (κ2) is 6.79. The fourth-order valence-electron chi connectivity index (χ4n) is 3.63. The van der Waals surface area contributed by atoms with Crippen LogP contribution >= 0.6 is 0 Å². The molecule has 0 saturated carbocycles. The molecule has 3 heterocycles. The van der Waals surface area contributed by atoms with Gasteiger partial charge in [0.05, 0.1) is 12.4 Å². The maximum absolute atomic E-state index is 12.8. The summed E-state index contributed by atoms with van der Waals surface area (Å²) >= 11 is 0. The van der Waals surface area contributed by atoms with Crippen molar-refractivity contribution in [3.63, 3.8) is 0 Å². The molecular formula is C16H26N2O3. The molecule has 1 N–H and O–H groups in total. The SMILES string of the molecule is CNC1C(=O)N(CC2CCCCCO2)CCC2C=COC21. The Morgan fingerprint density at radius 3 is 3.10 bits per heavy atom. The molecule has 0 aliphatic carbocycles. The van der Waals surface area contributed by atoms with Gasteiger partial charge in [-0.05, 0) is 32.4 Å². The lowest BCUT2D eigenvalue weighted by atomic mass is 9.96. The van der Waals surface area contributed by atoms with E-state index in [9.17, 15) is 4.79 Å². The zero-order valence-corrected chi connectivity index (χ0v) is 12.8. The number of hydrogen-bond acceptors (Lipinski definition) is 4. The van der Waals surface area contributed by atoms with Gasteiger partial charge in [-0.3, -0.25) is 4.79 Å². The Balaban J connectivity index is 1.66. The number of nitrogens with zero attached hydrogens (tertiary/aromatic N) is 1. The first-order chi connectivity index (χ1) is 10.3. The third kappa shape index (κ3) is 3.24. The molecule has 2 saturated heterocycles. The standard InChI is InChI=1S/C16H26N2O3/c1-17-14-15-12(7-10-21-15)6-8-18(16(14)19)11-13-5-3-2-4-9-20-13/h7,10,12-15,17H,2-6,8-9,11H2,1H3. The number of hydrogen-bond donors (Lipinski definition) is 1. The molecule has 0 bridgehead atoms. The Morgan fingerprint density at radius 1 is 1.33 bits per heavy atom. The quantitative estimate of drug-likeness (QED) is 0.852. The minimum absolute atomic E-state index is 0.0532. The number of likely N-dealkylation sites (tertiary alicyclic amines) is 1. The van der Waals surface area contributed by atoms with Crippen LogP contribution in [0.1, 0.15) is 32.1 Å². The third-order valence-corrected chi connectivity index (χ3v) is 4.88. The number of fused-ring (bicyclic) bond motifs is 1. The normalized spacial score (nSPS) is 36.8. The summed E-state index contributed by atoms with van der Waals surface area (Å²) in [7, 11) is 1.84. The highest BCUT2D eigenvalue weighted by molar-refractivity contribution is 5.83. The Morgan fingerprint density at radius 2 is 2.24 bits per heavy atom. The first kappa shape index (κ1) is 14.9. The van der Waals surface area contributed by atoms with Crippen molar-refractivity contribution in [3.05, 3.63) is 12.3 Å². The molecular weight excluding hydrogens is 268 g/mol. The van der Waals surface area contributed by atoms with Gasteiger partial charge in [0.15, 0.2) is 0 Å². The molecule has 0 spiro atoms. The van der Waals surface area contributed by atoms with E-state index in [-0.39, 0.29) is 24.2 Å². The van der Waals surface area contributed by atoms with Gasteiger partial charge in [0.25, 0.3) is 0 Å². The lowest BCUT2D eigenvalue weighted by Crippen LogP contribution is -2.52. The maximum Gasteiger partial charge on any atom is 0.243 e. The van der Waals surface area contributed by atoms with Gasteiger partial charge in [0.1, 0.15) is 12.1 Å². The van der Waals surface area contributed by atoms with Gasteiger partial charge in [-0.2, -0.15) is 0 Å². The molecule has 3 aliphatic heterocycles. The number of nitrogens with one attached hydrogen (secondary N) is 1. The van der Waals surface area contributed by atoms with Crippen LogP contribution in [0.5, 0.6) is 0 Å². The van der Waals surface area contributed by atoms with Gasteiger partial charge in [0.2, 0.25) is 5.91 Å². The van der Waals surface area contributed by atoms with Crippen LogP contribution in [0.3, 0.4) is 0 Å². The van der Waals surface area contributed by atoms with E-state index in [0.29, 0.717) is 5.92 Å². The van der Waals surface area contributed by atoms with Crippen molar-refractivity contribution in [2.75, 3.05) is 26.7 Å². The smallest absolute Gasteiger partial charge is 0.243 e. The topological polar surface area (TPSA) is 50.8 Å². The maximum atomic E-state index is 12.8. The summed E-state index contributed by atoms with van der Waals surface area (Å²) in [5.74, 6) is 0.494. The molecule has 3 rings (SSSR count). The van der Waals surface area contributed by atoms with Crippen LogP contribution < -0.4 is 5.32 Å². The van der Waals surface area contributed by atoms with Crippen LogP contribution in [0.2, 0.25) is 0 Å². The first-order valence-electron chi connectivity index (χ1n) is 8.19. The average molecular weight is 294 g/mol. The van der Waals surface area contributed by atoms with E-state index in [4.69, 9.17) is 9.47 Å². The lowest BCUT2D eigenvalue weighted by molar-refractivity contribution is -0.136. The fourth-order valence-corrected chi connectivity index (χ4v) is 3.63. The summed E-state index contributed by atoms with van der Waals surface area (Å²) in [6, 6.07) is -0.252. The summed E-state index contributed by atoms with van der Waals surface area (Å²) in [6.45, 7) is 2.35. The molecule has 3 aliphatic rings. The molecule has 4 atom stereocenters. The molecule has 0 aromatic heterocycles. The van der Waals surface area contributed by atoms with E-state index in [1.165, 1.54) is 12.8 Å². The fraction of sp³-hybridized carbons (Fsp3) is 0.812. The highest BCUT2D eigenvalue weighted by atomic mass is 16.5. The summed E-state index contributed by atoms with van der Waals surface area (Å²) in [6.07, 6.45) is 9.61. The van der Waals surface area contributed by atoms with E-state index in [1.54, 1.807) is 6.26 Å². The molecule has 5 heteroatoms. The van der Waals surface area contributed by atoms with Gasteiger partial charge in [-0.1, -0.05) is 12.8 Å². The average Bonchev–Trinajstić information content (AvgIpc) is 2.73. The van der Waals surface area contributed by atoms with E-state index >= 15 is 0 Å². The molecule has 21 heavy (non-hydrogen) atoms. The van der Waals surface area contributed by atoms with Gasteiger partial charge in [-0.15, -0.1) is 0 Å².